The predicted octanol–water partition coefficient (Wildman–Crippen LogP) is 2.91. The van der Waals surface area contributed by atoms with Crippen LogP contribution in [-0.2, 0) is 4.79 Å². The van der Waals surface area contributed by atoms with Gasteiger partial charge < -0.3 is 10.6 Å². The van der Waals surface area contributed by atoms with Gasteiger partial charge in [-0.25, -0.2) is 0 Å². The molecule has 1 saturated heterocycles. The average Bonchev–Trinajstić information content (AvgIpc) is 2.51. The molecule has 0 unspecified atom stereocenters. The molecule has 0 bridgehead atoms. The Hall–Kier alpha value is -1.10. The highest BCUT2D eigenvalue weighted by molar-refractivity contribution is 6.31. The summed E-state index contributed by atoms with van der Waals surface area (Å²) in [7, 11) is 2.00. The fourth-order valence-corrected chi connectivity index (χ4v) is 3.09. The van der Waals surface area contributed by atoms with Gasteiger partial charge in [0.25, 0.3) is 0 Å². The Kier molecular flexibility index (Phi) is 6.68. The van der Waals surface area contributed by atoms with Crippen LogP contribution in [0.15, 0.2) is 18.2 Å². The molecular weight excluding hydrogens is 298 g/mol. The van der Waals surface area contributed by atoms with E-state index in [0.29, 0.717) is 11.6 Å². The summed E-state index contributed by atoms with van der Waals surface area (Å²) in [6.07, 6.45) is 3.61. The van der Waals surface area contributed by atoms with Crippen molar-refractivity contribution in [2.45, 2.75) is 26.2 Å². The number of hydrogen-bond acceptors (Lipinski definition) is 3. The van der Waals surface area contributed by atoms with Crippen molar-refractivity contribution in [2.75, 3.05) is 38.5 Å². The van der Waals surface area contributed by atoms with Crippen molar-refractivity contribution in [3.63, 3.8) is 0 Å². The fourth-order valence-electron chi connectivity index (χ4n) is 2.92. The summed E-state index contributed by atoms with van der Waals surface area (Å²) in [6, 6.07) is 5.59. The number of carbonyl (C=O) groups is 1. The number of hydrogen-bond donors (Lipinski definition) is 2. The lowest BCUT2D eigenvalue weighted by Gasteiger charge is -2.31. The molecule has 1 heterocycles. The predicted molar refractivity (Wildman–Crippen MR) is 92.5 cm³/mol. The van der Waals surface area contributed by atoms with Gasteiger partial charge in [-0.1, -0.05) is 17.7 Å². The number of carbonyl (C=O) groups excluding carboxylic acids is 1. The molecule has 0 atom stereocenters. The fraction of sp³-hybridized carbons (Fsp3) is 0.588. The molecule has 1 amide bonds. The van der Waals surface area contributed by atoms with Gasteiger partial charge in [0, 0.05) is 10.7 Å². The van der Waals surface area contributed by atoms with Crippen molar-refractivity contribution in [2.24, 2.45) is 5.92 Å². The van der Waals surface area contributed by atoms with Gasteiger partial charge in [-0.15, -0.1) is 0 Å². The van der Waals surface area contributed by atoms with Crippen molar-refractivity contribution in [1.82, 2.24) is 10.2 Å². The number of nitrogens with one attached hydrogen (secondary N) is 2. The molecule has 0 radical (unpaired) electrons. The molecule has 122 valence electrons. The quantitative estimate of drug-likeness (QED) is 0.846. The van der Waals surface area contributed by atoms with E-state index in [1.165, 1.54) is 19.3 Å². The van der Waals surface area contributed by atoms with E-state index in [-0.39, 0.29) is 5.91 Å². The summed E-state index contributed by atoms with van der Waals surface area (Å²) in [5.74, 6) is 0.834. The van der Waals surface area contributed by atoms with Crippen LogP contribution < -0.4 is 10.6 Å². The molecule has 0 saturated carbocycles. The molecule has 1 aliphatic heterocycles. The number of nitrogens with zero attached hydrogens (tertiary/aromatic N) is 1. The van der Waals surface area contributed by atoms with Crippen LogP contribution in [0.5, 0.6) is 0 Å². The zero-order valence-corrected chi connectivity index (χ0v) is 14.2. The molecule has 0 aromatic heterocycles. The molecule has 0 spiro atoms. The van der Waals surface area contributed by atoms with Crippen molar-refractivity contribution < 1.29 is 4.79 Å². The zero-order chi connectivity index (χ0) is 15.9. The first-order valence-corrected chi connectivity index (χ1v) is 8.40. The minimum Gasteiger partial charge on any atom is -0.325 e. The van der Waals surface area contributed by atoms with Crippen LogP contribution in [0, 0.1) is 12.8 Å². The van der Waals surface area contributed by atoms with E-state index in [1.54, 1.807) is 0 Å². The summed E-state index contributed by atoms with van der Waals surface area (Å²) in [5.41, 5.74) is 1.73. The molecular formula is C17H26ClN3O. The molecule has 2 rings (SSSR count). The second-order valence-electron chi connectivity index (χ2n) is 6.07. The van der Waals surface area contributed by atoms with E-state index in [0.717, 1.165) is 36.8 Å². The number of halogens is 1. The van der Waals surface area contributed by atoms with Gasteiger partial charge >= 0.3 is 0 Å². The first kappa shape index (κ1) is 17.3. The number of anilines is 1. The van der Waals surface area contributed by atoms with Gasteiger partial charge in [0.2, 0.25) is 5.91 Å². The molecule has 0 aliphatic carbocycles. The lowest BCUT2D eigenvalue weighted by atomic mass is 9.93. The molecule has 1 aliphatic rings. The zero-order valence-electron chi connectivity index (χ0n) is 13.5. The molecule has 1 aromatic carbocycles. The third-order valence-electron chi connectivity index (χ3n) is 4.42. The first-order valence-electron chi connectivity index (χ1n) is 8.02. The third-order valence-corrected chi connectivity index (χ3v) is 4.83. The number of amides is 1. The Morgan fingerprint density at radius 1 is 1.36 bits per heavy atom. The van der Waals surface area contributed by atoms with E-state index in [1.807, 2.05) is 32.2 Å². The van der Waals surface area contributed by atoms with E-state index >= 15 is 0 Å². The van der Waals surface area contributed by atoms with Crippen LogP contribution in [0.2, 0.25) is 5.02 Å². The number of rotatable bonds is 6. The van der Waals surface area contributed by atoms with Crippen LogP contribution in [0.25, 0.3) is 0 Å². The Morgan fingerprint density at radius 3 is 2.77 bits per heavy atom. The molecule has 4 nitrogen and oxygen atoms in total. The van der Waals surface area contributed by atoms with Crippen LogP contribution in [-0.4, -0.2) is 44.0 Å². The van der Waals surface area contributed by atoms with E-state index in [4.69, 9.17) is 11.6 Å². The number of benzene rings is 1. The summed E-state index contributed by atoms with van der Waals surface area (Å²) in [4.78, 5) is 14.4. The Bertz CT molecular complexity index is 499. The van der Waals surface area contributed by atoms with Crippen LogP contribution in [0.4, 0.5) is 5.69 Å². The summed E-state index contributed by atoms with van der Waals surface area (Å²) in [5, 5.41) is 6.86. The Morgan fingerprint density at radius 2 is 2.09 bits per heavy atom. The van der Waals surface area contributed by atoms with Gasteiger partial charge in [-0.05, 0) is 76.5 Å². The summed E-state index contributed by atoms with van der Waals surface area (Å²) >= 11 is 6.08. The smallest absolute Gasteiger partial charge is 0.238 e. The van der Waals surface area contributed by atoms with Crippen molar-refractivity contribution in [3.05, 3.63) is 28.8 Å². The van der Waals surface area contributed by atoms with Crippen molar-refractivity contribution >= 4 is 23.2 Å². The normalized spacial score (nSPS) is 16.7. The van der Waals surface area contributed by atoms with Gasteiger partial charge in [0.1, 0.15) is 0 Å². The second-order valence-corrected chi connectivity index (χ2v) is 6.48. The highest BCUT2D eigenvalue weighted by Gasteiger charge is 2.20. The minimum absolute atomic E-state index is 0.0408. The van der Waals surface area contributed by atoms with E-state index < -0.39 is 0 Å². The highest BCUT2D eigenvalue weighted by atomic mass is 35.5. The Balaban J connectivity index is 1.77. The minimum atomic E-state index is 0.0408. The maximum absolute atomic E-state index is 12.2. The van der Waals surface area contributed by atoms with Gasteiger partial charge in [0.15, 0.2) is 0 Å². The van der Waals surface area contributed by atoms with Crippen LogP contribution >= 0.6 is 11.6 Å². The molecule has 2 N–H and O–H groups in total. The lowest BCUT2D eigenvalue weighted by molar-refractivity contribution is -0.117. The maximum Gasteiger partial charge on any atom is 0.238 e. The Labute approximate surface area is 138 Å². The molecule has 1 fully saturated rings. The van der Waals surface area contributed by atoms with E-state index in [2.05, 4.69) is 15.5 Å². The maximum atomic E-state index is 12.2. The number of piperidine rings is 1. The SMILES string of the molecule is CNCCC1CCN(CC(=O)Nc2cccc(Cl)c2C)CC1. The van der Waals surface area contributed by atoms with Crippen LogP contribution in [0.1, 0.15) is 24.8 Å². The highest BCUT2D eigenvalue weighted by Crippen LogP contribution is 2.23. The monoisotopic (exact) mass is 323 g/mol. The largest absolute Gasteiger partial charge is 0.325 e. The van der Waals surface area contributed by atoms with E-state index in [9.17, 15) is 4.79 Å². The first-order chi connectivity index (χ1) is 10.6. The lowest BCUT2D eigenvalue weighted by Crippen LogP contribution is -2.39. The standard InChI is InChI=1S/C17H26ClN3O/c1-13-15(18)4-3-5-16(13)20-17(22)12-21-10-7-14(8-11-21)6-9-19-2/h3-5,14,19H,6-12H2,1-2H3,(H,20,22). The summed E-state index contributed by atoms with van der Waals surface area (Å²) in [6.45, 7) is 5.49. The second kappa shape index (κ2) is 8.51. The topological polar surface area (TPSA) is 44.4 Å². The van der Waals surface area contributed by atoms with Gasteiger partial charge in [-0.3, -0.25) is 9.69 Å². The molecule has 1 aromatic rings. The molecule has 5 heteroatoms. The average molecular weight is 324 g/mol. The van der Waals surface area contributed by atoms with Crippen LogP contribution in [0.3, 0.4) is 0 Å². The van der Waals surface area contributed by atoms with Gasteiger partial charge in [-0.2, -0.15) is 0 Å². The number of likely N-dealkylation sites (tertiary alicyclic amines) is 1. The van der Waals surface area contributed by atoms with Crippen molar-refractivity contribution in [3.8, 4) is 0 Å². The van der Waals surface area contributed by atoms with Gasteiger partial charge in [0.05, 0.1) is 6.54 Å². The van der Waals surface area contributed by atoms with Crippen molar-refractivity contribution in [1.29, 1.82) is 0 Å². The summed E-state index contributed by atoms with van der Waals surface area (Å²) < 4.78 is 0. The third kappa shape index (κ3) is 4.97. The molecule has 22 heavy (non-hydrogen) atoms.